The maximum absolute atomic E-state index is 12.7. The standard InChI is InChI=1S/C21H19F3N4OS/c22-21(23,24)16-6-7-18(25-13-16)27-8-10-28(11-9-27)19(29)12-17-14-30-20(26-17)15-4-2-1-3-5-15/h1-7,13-14H,8-12H2. The van der Waals surface area contributed by atoms with E-state index in [0.29, 0.717) is 32.0 Å². The number of nitrogens with zero attached hydrogens (tertiary/aromatic N) is 4. The number of aromatic nitrogens is 2. The van der Waals surface area contributed by atoms with Crippen LogP contribution < -0.4 is 4.90 Å². The Bertz CT molecular complexity index is 997. The van der Waals surface area contributed by atoms with Gasteiger partial charge in [0.1, 0.15) is 10.8 Å². The number of benzene rings is 1. The van der Waals surface area contributed by atoms with E-state index in [1.54, 1.807) is 4.90 Å². The Labute approximate surface area is 175 Å². The minimum atomic E-state index is -4.40. The number of anilines is 1. The molecule has 156 valence electrons. The van der Waals surface area contributed by atoms with Crippen molar-refractivity contribution in [2.45, 2.75) is 12.6 Å². The highest BCUT2D eigenvalue weighted by molar-refractivity contribution is 7.13. The molecule has 0 unspecified atom stereocenters. The SMILES string of the molecule is O=C(Cc1csc(-c2ccccc2)n1)N1CCN(c2ccc(C(F)(F)F)cn2)CC1. The van der Waals surface area contributed by atoms with E-state index in [-0.39, 0.29) is 12.3 Å². The van der Waals surface area contributed by atoms with Crippen molar-refractivity contribution in [3.05, 3.63) is 65.3 Å². The van der Waals surface area contributed by atoms with Gasteiger partial charge in [-0.25, -0.2) is 9.97 Å². The summed E-state index contributed by atoms with van der Waals surface area (Å²) in [5, 5.41) is 2.79. The summed E-state index contributed by atoms with van der Waals surface area (Å²) >= 11 is 1.51. The monoisotopic (exact) mass is 432 g/mol. The molecule has 4 rings (SSSR count). The molecule has 1 aliphatic heterocycles. The van der Waals surface area contributed by atoms with Crippen molar-refractivity contribution in [1.29, 1.82) is 0 Å². The summed E-state index contributed by atoms with van der Waals surface area (Å²) in [4.78, 5) is 24.8. The van der Waals surface area contributed by atoms with Crippen LogP contribution >= 0.6 is 11.3 Å². The maximum Gasteiger partial charge on any atom is 0.417 e. The number of rotatable bonds is 4. The van der Waals surface area contributed by atoms with Crippen molar-refractivity contribution < 1.29 is 18.0 Å². The van der Waals surface area contributed by atoms with Gasteiger partial charge >= 0.3 is 6.18 Å². The third-order valence-electron chi connectivity index (χ3n) is 4.94. The zero-order valence-corrected chi connectivity index (χ0v) is 16.8. The van der Waals surface area contributed by atoms with E-state index in [2.05, 4.69) is 9.97 Å². The molecule has 0 N–H and O–H groups in total. The number of pyridine rings is 1. The molecule has 0 bridgehead atoms. The molecular formula is C21H19F3N4OS. The molecule has 3 aromatic rings. The van der Waals surface area contributed by atoms with Gasteiger partial charge < -0.3 is 9.80 Å². The first-order valence-corrected chi connectivity index (χ1v) is 10.3. The molecule has 9 heteroatoms. The number of hydrogen-bond donors (Lipinski definition) is 0. The van der Waals surface area contributed by atoms with Gasteiger partial charge in [-0.2, -0.15) is 13.2 Å². The van der Waals surface area contributed by atoms with Crippen LogP contribution in [0, 0.1) is 0 Å². The molecule has 1 fully saturated rings. The van der Waals surface area contributed by atoms with E-state index in [0.717, 1.165) is 28.5 Å². The minimum absolute atomic E-state index is 0.0000554. The van der Waals surface area contributed by atoms with E-state index in [4.69, 9.17) is 0 Å². The van der Waals surface area contributed by atoms with Crippen LogP contribution in [0.4, 0.5) is 19.0 Å². The zero-order chi connectivity index (χ0) is 21.1. The summed E-state index contributed by atoms with van der Waals surface area (Å²) in [7, 11) is 0. The molecule has 3 heterocycles. The number of piperazine rings is 1. The molecule has 0 spiro atoms. The van der Waals surface area contributed by atoms with E-state index in [1.165, 1.54) is 17.4 Å². The molecule has 0 saturated carbocycles. The van der Waals surface area contributed by atoms with Crippen LogP contribution in [0.15, 0.2) is 54.0 Å². The Morgan fingerprint density at radius 2 is 1.77 bits per heavy atom. The summed E-state index contributed by atoms with van der Waals surface area (Å²) in [5.74, 6) is 0.488. The molecule has 2 aromatic heterocycles. The normalized spacial score (nSPS) is 14.8. The Hall–Kier alpha value is -2.94. The van der Waals surface area contributed by atoms with Crippen molar-refractivity contribution in [2.75, 3.05) is 31.1 Å². The summed E-state index contributed by atoms with van der Waals surface area (Å²) in [6.45, 7) is 2.04. The van der Waals surface area contributed by atoms with Gasteiger partial charge in [-0.05, 0) is 12.1 Å². The van der Waals surface area contributed by atoms with Crippen LogP contribution in [0.25, 0.3) is 10.6 Å². The van der Waals surface area contributed by atoms with Crippen molar-refractivity contribution >= 4 is 23.1 Å². The Morgan fingerprint density at radius 1 is 1.03 bits per heavy atom. The van der Waals surface area contributed by atoms with Gasteiger partial charge in [0, 0.05) is 43.3 Å². The number of halogens is 3. The summed E-state index contributed by atoms with van der Waals surface area (Å²) in [6.07, 6.45) is -3.31. The van der Waals surface area contributed by atoms with E-state index >= 15 is 0 Å². The van der Waals surface area contributed by atoms with E-state index in [1.807, 2.05) is 40.6 Å². The lowest BCUT2D eigenvalue weighted by atomic mass is 10.2. The smallest absolute Gasteiger partial charge is 0.353 e. The van der Waals surface area contributed by atoms with Gasteiger partial charge in [0.15, 0.2) is 0 Å². The number of thiazole rings is 1. The van der Waals surface area contributed by atoms with Crippen LogP contribution in [0.2, 0.25) is 0 Å². The quantitative estimate of drug-likeness (QED) is 0.623. The fraction of sp³-hybridized carbons (Fsp3) is 0.286. The second-order valence-corrected chi connectivity index (χ2v) is 7.82. The Balaban J connectivity index is 1.32. The van der Waals surface area contributed by atoms with Crippen LogP contribution in [-0.2, 0) is 17.4 Å². The first-order valence-electron chi connectivity index (χ1n) is 9.46. The number of carbonyl (C=O) groups is 1. The molecule has 1 saturated heterocycles. The Kier molecular flexibility index (Phi) is 5.72. The first-order chi connectivity index (χ1) is 14.4. The molecule has 1 aliphatic rings. The third-order valence-corrected chi connectivity index (χ3v) is 5.88. The maximum atomic E-state index is 12.7. The number of hydrogen-bond acceptors (Lipinski definition) is 5. The van der Waals surface area contributed by atoms with Gasteiger partial charge in [0.05, 0.1) is 17.7 Å². The van der Waals surface area contributed by atoms with Crippen LogP contribution in [0.5, 0.6) is 0 Å². The van der Waals surface area contributed by atoms with Crippen LogP contribution in [0.3, 0.4) is 0 Å². The fourth-order valence-corrected chi connectivity index (χ4v) is 4.12. The second kappa shape index (κ2) is 8.43. The predicted octanol–water partition coefficient (Wildman–Crippen LogP) is 4.12. The van der Waals surface area contributed by atoms with Gasteiger partial charge in [0.2, 0.25) is 5.91 Å². The molecule has 1 amide bonds. The lowest BCUT2D eigenvalue weighted by Gasteiger charge is -2.35. The average molecular weight is 432 g/mol. The highest BCUT2D eigenvalue weighted by Gasteiger charge is 2.31. The average Bonchev–Trinajstić information content (AvgIpc) is 3.22. The molecule has 30 heavy (non-hydrogen) atoms. The van der Waals surface area contributed by atoms with Gasteiger partial charge in [0.25, 0.3) is 0 Å². The van der Waals surface area contributed by atoms with Crippen molar-refractivity contribution in [2.24, 2.45) is 0 Å². The molecule has 0 atom stereocenters. The largest absolute Gasteiger partial charge is 0.417 e. The molecule has 5 nitrogen and oxygen atoms in total. The molecule has 0 radical (unpaired) electrons. The number of amides is 1. The minimum Gasteiger partial charge on any atom is -0.353 e. The fourth-order valence-electron chi connectivity index (χ4n) is 3.29. The lowest BCUT2D eigenvalue weighted by molar-refractivity contribution is -0.137. The lowest BCUT2D eigenvalue weighted by Crippen LogP contribution is -2.49. The predicted molar refractivity (Wildman–Crippen MR) is 109 cm³/mol. The van der Waals surface area contributed by atoms with Crippen molar-refractivity contribution in [3.8, 4) is 10.6 Å². The summed E-state index contributed by atoms with van der Waals surface area (Å²) in [5.41, 5.74) is 1.01. The zero-order valence-electron chi connectivity index (χ0n) is 16.0. The highest BCUT2D eigenvalue weighted by Crippen LogP contribution is 2.29. The van der Waals surface area contributed by atoms with Crippen molar-refractivity contribution in [1.82, 2.24) is 14.9 Å². The van der Waals surface area contributed by atoms with E-state index in [9.17, 15) is 18.0 Å². The van der Waals surface area contributed by atoms with Crippen LogP contribution in [-0.4, -0.2) is 47.0 Å². The van der Waals surface area contributed by atoms with Crippen molar-refractivity contribution in [3.63, 3.8) is 0 Å². The summed E-state index contributed by atoms with van der Waals surface area (Å²) < 4.78 is 38.0. The number of carbonyl (C=O) groups excluding carboxylic acids is 1. The molecule has 1 aromatic carbocycles. The van der Waals surface area contributed by atoms with Crippen LogP contribution in [0.1, 0.15) is 11.3 Å². The summed E-state index contributed by atoms with van der Waals surface area (Å²) in [6, 6.07) is 12.2. The second-order valence-electron chi connectivity index (χ2n) is 6.96. The molecule has 0 aliphatic carbocycles. The van der Waals surface area contributed by atoms with Gasteiger partial charge in [-0.1, -0.05) is 30.3 Å². The van der Waals surface area contributed by atoms with Gasteiger partial charge in [-0.3, -0.25) is 4.79 Å². The van der Waals surface area contributed by atoms with Gasteiger partial charge in [-0.15, -0.1) is 11.3 Å². The molecular weight excluding hydrogens is 413 g/mol. The van der Waals surface area contributed by atoms with E-state index < -0.39 is 11.7 Å². The topological polar surface area (TPSA) is 49.3 Å². The highest BCUT2D eigenvalue weighted by atomic mass is 32.1. The third kappa shape index (κ3) is 4.62. The first kappa shape index (κ1) is 20.3. The Morgan fingerprint density at radius 3 is 2.40 bits per heavy atom. The number of alkyl halides is 3.